The van der Waals surface area contributed by atoms with Crippen LogP contribution in [-0.2, 0) is 5.92 Å². The fourth-order valence-corrected chi connectivity index (χ4v) is 1.61. The number of hydrogen-bond donors (Lipinski definition) is 1. The first kappa shape index (κ1) is 10.6. The second-order valence-corrected chi connectivity index (χ2v) is 3.51. The van der Waals surface area contributed by atoms with Crippen LogP contribution in [0.2, 0.25) is 0 Å². The number of benzene rings is 1. The summed E-state index contributed by atoms with van der Waals surface area (Å²) < 4.78 is 26.8. The molecule has 0 fully saturated rings. The second kappa shape index (κ2) is 4.15. The van der Waals surface area contributed by atoms with Crippen LogP contribution in [0, 0.1) is 0 Å². The van der Waals surface area contributed by atoms with Crippen molar-refractivity contribution in [2.75, 3.05) is 6.61 Å². The van der Waals surface area contributed by atoms with Gasteiger partial charge in [-0.25, -0.2) is 8.78 Å². The Hall–Kier alpha value is -0.480. The van der Waals surface area contributed by atoms with Gasteiger partial charge in [-0.15, -0.1) is 0 Å². The molecule has 1 nitrogen and oxygen atoms in total. The zero-order valence-corrected chi connectivity index (χ0v) is 8.39. The van der Waals surface area contributed by atoms with Crippen molar-refractivity contribution in [2.45, 2.75) is 12.3 Å². The minimum atomic E-state index is -2.96. The van der Waals surface area contributed by atoms with E-state index < -0.39 is 19.0 Å². The molecule has 1 N–H and O–H groups in total. The predicted octanol–water partition coefficient (Wildman–Crippen LogP) is 2.92. The molecule has 0 saturated heterocycles. The van der Waals surface area contributed by atoms with Gasteiger partial charge in [0.1, 0.15) is 0 Å². The summed E-state index contributed by atoms with van der Waals surface area (Å²) in [5, 5.41) is 8.46. The lowest BCUT2D eigenvalue weighted by molar-refractivity contribution is -0.0276. The van der Waals surface area contributed by atoms with Crippen molar-refractivity contribution in [3.05, 3.63) is 34.3 Å². The Bertz CT molecular complexity index is 289. The van der Waals surface area contributed by atoms with Crippen LogP contribution >= 0.6 is 15.9 Å². The number of aliphatic hydroxyl groups is 1. The van der Waals surface area contributed by atoms with Gasteiger partial charge < -0.3 is 5.11 Å². The number of alkyl halides is 2. The minimum absolute atomic E-state index is 0.0796. The first-order valence-electron chi connectivity index (χ1n) is 3.81. The number of rotatable bonds is 3. The highest BCUT2D eigenvalue weighted by molar-refractivity contribution is 9.10. The first-order chi connectivity index (χ1) is 6.08. The molecule has 1 rings (SSSR count). The zero-order chi connectivity index (χ0) is 9.90. The van der Waals surface area contributed by atoms with Gasteiger partial charge in [0.2, 0.25) is 0 Å². The first-order valence-corrected chi connectivity index (χ1v) is 4.61. The summed E-state index contributed by atoms with van der Waals surface area (Å²) in [6.07, 6.45) is -0.546. The minimum Gasteiger partial charge on any atom is -0.396 e. The quantitative estimate of drug-likeness (QED) is 0.875. The summed E-state index contributed by atoms with van der Waals surface area (Å²) in [6.45, 7) is -0.520. The molecule has 72 valence electrons. The van der Waals surface area contributed by atoms with Crippen LogP contribution in [0.25, 0.3) is 0 Å². The zero-order valence-electron chi connectivity index (χ0n) is 6.80. The molecule has 0 bridgehead atoms. The van der Waals surface area contributed by atoms with E-state index in [0.29, 0.717) is 4.47 Å². The van der Waals surface area contributed by atoms with Crippen LogP contribution < -0.4 is 0 Å². The van der Waals surface area contributed by atoms with Gasteiger partial charge in [-0.05, 0) is 6.07 Å². The maximum Gasteiger partial charge on any atom is 0.276 e. The van der Waals surface area contributed by atoms with Crippen LogP contribution in [0.15, 0.2) is 28.7 Å². The summed E-state index contributed by atoms with van der Waals surface area (Å²) in [5.74, 6) is -2.96. The summed E-state index contributed by atoms with van der Waals surface area (Å²) in [4.78, 5) is 0. The Morgan fingerprint density at radius 1 is 1.31 bits per heavy atom. The van der Waals surface area contributed by atoms with Gasteiger partial charge in [-0.3, -0.25) is 0 Å². The van der Waals surface area contributed by atoms with Crippen LogP contribution in [-0.4, -0.2) is 11.7 Å². The van der Waals surface area contributed by atoms with Crippen LogP contribution in [0.3, 0.4) is 0 Å². The van der Waals surface area contributed by atoms with Gasteiger partial charge in [0, 0.05) is 23.1 Å². The van der Waals surface area contributed by atoms with Gasteiger partial charge >= 0.3 is 0 Å². The maximum atomic E-state index is 13.2. The standard InChI is InChI=1S/C9H9BrF2O/c10-8-4-2-1-3-7(8)9(11,12)5-6-13/h1-4,13H,5-6H2. The molecule has 1 aromatic rings. The maximum absolute atomic E-state index is 13.2. The van der Waals surface area contributed by atoms with Crippen molar-refractivity contribution in [2.24, 2.45) is 0 Å². The largest absolute Gasteiger partial charge is 0.396 e. The molecule has 0 saturated carbocycles. The molecular formula is C9H9BrF2O. The lowest BCUT2D eigenvalue weighted by Gasteiger charge is -2.16. The van der Waals surface area contributed by atoms with Gasteiger partial charge in [0.25, 0.3) is 5.92 Å². The van der Waals surface area contributed by atoms with E-state index in [1.165, 1.54) is 6.07 Å². The molecule has 0 aliphatic carbocycles. The molecular weight excluding hydrogens is 242 g/mol. The van der Waals surface area contributed by atoms with E-state index in [4.69, 9.17) is 5.11 Å². The van der Waals surface area contributed by atoms with Crippen LogP contribution in [0.4, 0.5) is 8.78 Å². The Balaban J connectivity index is 2.99. The van der Waals surface area contributed by atoms with Crippen LogP contribution in [0.1, 0.15) is 12.0 Å². The van der Waals surface area contributed by atoms with E-state index in [1.54, 1.807) is 18.2 Å². The van der Waals surface area contributed by atoms with Crippen molar-refractivity contribution in [3.8, 4) is 0 Å². The monoisotopic (exact) mass is 250 g/mol. The van der Waals surface area contributed by atoms with E-state index in [2.05, 4.69) is 15.9 Å². The summed E-state index contributed by atoms with van der Waals surface area (Å²) in [6, 6.07) is 6.12. The highest BCUT2D eigenvalue weighted by Gasteiger charge is 2.32. The third-order valence-electron chi connectivity index (χ3n) is 1.69. The molecule has 13 heavy (non-hydrogen) atoms. The summed E-state index contributed by atoms with van der Waals surface area (Å²) >= 11 is 3.04. The third-order valence-corrected chi connectivity index (χ3v) is 2.39. The van der Waals surface area contributed by atoms with Gasteiger partial charge in [0.15, 0.2) is 0 Å². The molecule has 0 radical (unpaired) electrons. The van der Waals surface area contributed by atoms with Crippen molar-refractivity contribution >= 4 is 15.9 Å². The van der Waals surface area contributed by atoms with E-state index in [9.17, 15) is 8.78 Å². The van der Waals surface area contributed by atoms with E-state index in [1.807, 2.05) is 0 Å². The molecule has 0 unspecified atom stereocenters. The lowest BCUT2D eigenvalue weighted by atomic mass is 10.1. The van der Waals surface area contributed by atoms with Crippen molar-refractivity contribution in [3.63, 3.8) is 0 Å². The normalized spacial score (nSPS) is 11.7. The Labute approximate surface area is 83.5 Å². The molecule has 0 aromatic heterocycles. The molecule has 0 spiro atoms. The topological polar surface area (TPSA) is 20.2 Å². The SMILES string of the molecule is OCCC(F)(F)c1ccccc1Br. The van der Waals surface area contributed by atoms with Gasteiger partial charge in [-0.2, -0.15) is 0 Å². The summed E-state index contributed by atoms with van der Waals surface area (Å²) in [5.41, 5.74) is -0.0796. The highest BCUT2D eigenvalue weighted by Crippen LogP contribution is 2.35. The average molecular weight is 251 g/mol. The van der Waals surface area contributed by atoms with Crippen molar-refractivity contribution in [1.29, 1.82) is 0 Å². The fourth-order valence-electron chi connectivity index (χ4n) is 1.03. The van der Waals surface area contributed by atoms with Gasteiger partial charge in [0.05, 0.1) is 0 Å². The second-order valence-electron chi connectivity index (χ2n) is 2.66. The summed E-state index contributed by atoms with van der Waals surface area (Å²) in [7, 11) is 0. The molecule has 0 atom stereocenters. The van der Waals surface area contributed by atoms with E-state index in [-0.39, 0.29) is 5.56 Å². The molecule has 1 aromatic carbocycles. The Morgan fingerprint density at radius 3 is 2.46 bits per heavy atom. The molecule has 4 heteroatoms. The molecule has 0 amide bonds. The van der Waals surface area contributed by atoms with Gasteiger partial charge in [-0.1, -0.05) is 34.1 Å². The molecule has 0 aliphatic heterocycles. The smallest absolute Gasteiger partial charge is 0.276 e. The Morgan fingerprint density at radius 2 is 1.92 bits per heavy atom. The van der Waals surface area contributed by atoms with E-state index >= 15 is 0 Å². The van der Waals surface area contributed by atoms with Crippen molar-refractivity contribution < 1.29 is 13.9 Å². The lowest BCUT2D eigenvalue weighted by Crippen LogP contribution is -2.15. The average Bonchev–Trinajstić information content (AvgIpc) is 2.04. The highest BCUT2D eigenvalue weighted by atomic mass is 79.9. The number of halogens is 3. The number of aliphatic hydroxyl groups excluding tert-OH is 1. The fraction of sp³-hybridized carbons (Fsp3) is 0.333. The third kappa shape index (κ3) is 2.48. The Kier molecular flexibility index (Phi) is 3.39. The predicted molar refractivity (Wildman–Crippen MR) is 49.7 cm³/mol. The van der Waals surface area contributed by atoms with E-state index in [0.717, 1.165) is 0 Å². The molecule has 0 heterocycles. The number of hydrogen-bond acceptors (Lipinski definition) is 1. The molecule has 0 aliphatic rings. The van der Waals surface area contributed by atoms with Crippen LogP contribution in [0.5, 0.6) is 0 Å². The van der Waals surface area contributed by atoms with Crippen molar-refractivity contribution in [1.82, 2.24) is 0 Å².